The number of aliphatic hydroxyl groups is 1. The van der Waals surface area contributed by atoms with Crippen LogP contribution in [-0.4, -0.2) is 11.0 Å². The third kappa shape index (κ3) is 2.19. The molecule has 12 heavy (non-hydrogen) atoms. The molecule has 1 N–H and O–H groups in total. The van der Waals surface area contributed by atoms with Gasteiger partial charge in [-0.1, -0.05) is 18.2 Å². The van der Waals surface area contributed by atoms with Crippen LogP contribution >= 0.6 is 11.6 Å². The lowest BCUT2D eigenvalue weighted by atomic mass is 10.1. The molecule has 1 atom stereocenters. The van der Waals surface area contributed by atoms with E-state index in [4.69, 9.17) is 11.6 Å². The summed E-state index contributed by atoms with van der Waals surface area (Å²) in [6.45, 7) is 0. The Kier molecular flexibility index (Phi) is 3.50. The molecule has 1 nitrogen and oxygen atoms in total. The number of hydrogen-bond donors (Lipinski definition) is 1. The van der Waals surface area contributed by atoms with Crippen molar-refractivity contribution in [3.8, 4) is 0 Å². The molecule has 0 fully saturated rings. The molecule has 66 valence electrons. The summed E-state index contributed by atoms with van der Waals surface area (Å²) in [6, 6.07) is 6.17. The van der Waals surface area contributed by atoms with E-state index in [2.05, 4.69) is 0 Å². The molecule has 1 rings (SSSR count). The second-order valence-electron chi connectivity index (χ2n) is 2.51. The maximum Gasteiger partial charge on any atom is 0.128 e. The van der Waals surface area contributed by atoms with Gasteiger partial charge in [0, 0.05) is 11.4 Å². The molecule has 3 heteroatoms. The Morgan fingerprint density at radius 2 is 2.08 bits per heavy atom. The maximum absolute atomic E-state index is 13.0. The van der Waals surface area contributed by atoms with Gasteiger partial charge in [-0.05, 0) is 12.5 Å². The molecule has 0 amide bonds. The van der Waals surface area contributed by atoms with E-state index in [1.807, 2.05) is 0 Å². The Morgan fingerprint density at radius 1 is 1.42 bits per heavy atom. The third-order valence-electron chi connectivity index (χ3n) is 1.65. The lowest BCUT2D eigenvalue weighted by Crippen LogP contribution is -2.00. The minimum absolute atomic E-state index is 0.318. The van der Waals surface area contributed by atoms with E-state index >= 15 is 0 Å². The monoisotopic (exact) mass is 188 g/mol. The van der Waals surface area contributed by atoms with Gasteiger partial charge >= 0.3 is 0 Å². The molecule has 1 aromatic rings. The van der Waals surface area contributed by atoms with Crippen LogP contribution in [0.15, 0.2) is 24.3 Å². The topological polar surface area (TPSA) is 20.2 Å². The van der Waals surface area contributed by atoms with Gasteiger partial charge in [-0.2, -0.15) is 0 Å². The molecule has 0 heterocycles. The van der Waals surface area contributed by atoms with Gasteiger partial charge < -0.3 is 5.11 Å². The standard InChI is InChI=1S/C9H10ClFO/c10-6-5-9(12)7-3-1-2-4-8(7)11/h1-4,9,12H,5-6H2. The molecule has 0 aliphatic carbocycles. The molecular formula is C9H10ClFO. The molecule has 0 aliphatic rings. The number of halogens is 2. The first-order chi connectivity index (χ1) is 5.75. The first kappa shape index (κ1) is 9.49. The molecule has 0 saturated carbocycles. The molecule has 1 unspecified atom stereocenters. The van der Waals surface area contributed by atoms with Crippen molar-refractivity contribution >= 4 is 11.6 Å². The van der Waals surface area contributed by atoms with E-state index in [1.54, 1.807) is 18.2 Å². The van der Waals surface area contributed by atoms with Crippen LogP contribution in [0.5, 0.6) is 0 Å². The maximum atomic E-state index is 13.0. The van der Waals surface area contributed by atoms with E-state index in [0.717, 1.165) is 0 Å². The van der Waals surface area contributed by atoms with Crippen molar-refractivity contribution in [2.24, 2.45) is 0 Å². The van der Waals surface area contributed by atoms with Crippen molar-refractivity contribution in [1.82, 2.24) is 0 Å². The quantitative estimate of drug-likeness (QED) is 0.723. The minimum atomic E-state index is -0.788. The molecule has 0 saturated heterocycles. The summed E-state index contributed by atoms with van der Waals surface area (Å²) < 4.78 is 13.0. The molecule has 0 bridgehead atoms. The summed E-state index contributed by atoms with van der Waals surface area (Å²) >= 11 is 5.42. The van der Waals surface area contributed by atoms with Crippen LogP contribution < -0.4 is 0 Å². The predicted molar refractivity (Wildman–Crippen MR) is 46.7 cm³/mol. The van der Waals surface area contributed by atoms with E-state index < -0.39 is 6.10 Å². The molecular weight excluding hydrogens is 179 g/mol. The summed E-state index contributed by atoms with van der Waals surface area (Å²) in [4.78, 5) is 0. The Bertz CT molecular complexity index is 252. The largest absolute Gasteiger partial charge is 0.388 e. The van der Waals surface area contributed by atoms with E-state index in [-0.39, 0.29) is 5.82 Å². The number of alkyl halides is 1. The zero-order chi connectivity index (χ0) is 8.97. The van der Waals surface area contributed by atoms with Crippen LogP contribution in [-0.2, 0) is 0 Å². The number of benzene rings is 1. The fourth-order valence-electron chi connectivity index (χ4n) is 1.00. The molecule has 0 aromatic heterocycles. The van der Waals surface area contributed by atoms with Crippen LogP contribution in [0, 0.1) is 5.82 Å². The summed E-state index contributed by atoms with van der Waals surface area (Å²) in [5.41, 5.74) is 0.318. The fourth-order valence-corrected chi connectivity index (χ4v) is 1.21. The van der Waals surface area contributed by atoms with Crippen molar-refractivity contribution in [3.63, 3.8) is 0 Å². The van der Waals surface area contributed by atoms with Gasteiger partial charge in [-0.3, -0.25) is 0 Å². The van der Waals surface area contributed by atoms with Crippen LogP contribution in [0.4, 0.5) is 4.39 Å². The van der Waals surface area contributed by atoms with Gasteiger partial charge in [0.2, 0.25) is 0 Å². The minimum Gasteiger partial charge on any atom is -0.388 e. The SMILES string of the molecule is OC(CCCl)c1ccccc1F. The normalized spacial score (nSPS) is 12.9. The average molecular weight is 189 g/mol. The first-order valence-corrected chi connectivity index (χ1v) is 4.27. The molecule has 0 spiro atoms. The third-order valence-corrected chi connectivity index (χ3v) is 1.86. The summed E-state index contributed by atoms with van der Waals surface area (Å²) in [6.07, 6.45) is -0.411. The number of hydrogen-bond acceptors (Lipinski definition) is 1. The van der Waals surface area contributed by atoms with Gasteiger partial charge in [-0.25, -0.2) is 4.39 Å². The molecule has 0 aliphatic heterocycles. The highest BCUT2D eigenvalue weighted by Gasteiger charge is 2.10. The van der Waals surface area contributed by atoms with Crippen molar-refractivity contribution in [3.05, 3.63) is 35.6 Å². The summed E-state index contributed by atoms with van der Waals surface area (Å²) in [5, 5.41) is 9.38. The van der Waals surface area contributed by atoms with Crippen LogP contribution in [0.3, 0.4) is 0 Å². The second-order valence-corrected chi connectivity index (χ2v) is 2.89. The van der Waals surface area contributed by atoms with Gasteiger partial charge in [0.25, 0.3) is 0 Å². The Balaban J connectivity index is 2.79. The summed E-state index contributed by atoms with van der Waals surface area (Å²) in [7, 11) is 0. The van der Waals surface area contributed by atoms with Crippen molar-refractivity contribution in [1.29, 1.82) is 0 Å². The van der Waals surface area contributed by atoms with Crippen molar-refractivity contribution < 1.29 is 9.50 Å². The van der Waals surface area contributed by atoms with Gasteiger partial charge in [0.1, 0.15) is 5.82 Å². The Hall–Kier alpha value is -0.600. The van der Waals surface area contributed by atoms with Crippen LogP contribution in [0.2, 0.25) is 0 Å². The highest BCUT2D eigenvalue weighted by Crippen LogP contribution is 2.19. The Morgan fingerprint density at radius 3 is 2.67 bits per heavy atom. The van der Waals surface area contributed by atoms with Crippen LogP contribution in [0.25, 0.3) is 0 Å². The van der Waals surface area contributed by atoms with Gasteiger partial charge in [0.05, 0.1) is 6.10 Å². The highest BCUT2D eigenvalue weighted by molar-refractivity contribution is 6.17. The predicted octanol–water partition coefficient (Wildman–Crippen LogP) is 2.49. The molecule has 0 radical (unpaired) electrons. The van der Waals surface area contributed by atoms with Crippen molar-refractivity contribution in [2.45, 2.75) is 12.5 Å². The lowest BCUT2D eigenvalue weighted by Gasteiger charge is -2.09. The van der Waals surface area contributed by atoms with Crippen molar-refractivity contribution in [2.75, 3.05) is 5.88 Å². The smallest absolute Gasteiger partial charge is 0.128 e. The highest BCUT2D eigenvalue weighted by atomic mass is 35.5. The Labute approximate surface area is 75.8 Å². The van der Waals surface area contributed by atoms with Gasteiger partial charge in [0.15, 0.2) is 0 Å². The fraction of sp³-hybridized carbons (Fsp3) is 0.333. The second kappa shape index (κ2) is 4.43. The zero-order valence-corrected chi connectivity index (χ0v) is 7.26. The average Bonchev–Trinajstić information content (AvgIpc) is 2.05. The van der Waals surface area contributed by atoms with Gasteiger partial charge in [-0.15, -0.1) is 11.6 Å². The number of rotatable bonds is 3. The molecule has 1 aromatic carbocycles. The van der Waals surface area contributed by atoms with Crippen LogP contribution in [0.1, 0.15) is 18.1 Å². The first-order valence-electron chi connectivity index (χ1n) is 3.74. The summed E-state index contributed by atoms with van der Waals surface area (Å²) in [5.74, 6) is -0.0507. The lowest BCUT2D eigenvalue weighted by molar-refractivity contribution is 0.170. The van der Waals surface area contributed by atoms with E-state index in [9.17, 15) is 9.50 Å². The van der Waals surface area contributed by atoms with E-state index in [1.165, 1.54) is 6.07 Å². The number of aliphatic hydroxyl groups excluding tert-OH is 1. The zero-order valence-electron chi connectivity index (χ0n) is 6.50. The van der Waals surface area contributed by atoms with E-state index in [0.29, 0.717) is 17.9 Å².